The summed E-state index contributed by atoms with van der Waals surface area (Å²) < 4.78 is 66.2. The van der Waals surface area contributed by atoms with Gasteiger partial charge >= 0.3 is 60.3 Å². The minimum Gasteiger partial charge on any atom is -0.462 e. The number of hydrogen-bond acceptors (Lipinski definition) is 23. The van der Waals surface area contributed by atoms with Crippen LogP contribution in [0.5, 0.6) is 0 Å². The molecule has 15 fully saturated rings. The highest BCUT2D eigenvalue weighted by molar-refractivity contribution is 5.88. The van der Waals surface area contributed by atoms with Gasteiger partial charge < -0.3 is 61.6 Å². The molecule has 10 aliphatic carbocycles. The van der Waals surface area contributed by atoms with E-state index in [1.165, 1.54) is 40.0 Å². The summed E-state index contributed by atoms with van der Waals surface area (Å²) in [6.45, 7) is 18.6. The van der Waals surface area contributed by atoms with Crippen molar-refractivity contribution in [3.63, 3.8) is 0 Å². The maximum absolute atomic E-state index is 11.9. The van der Waals surface area contributed by atoms with Crippen molar-refractivity contribution < 1.29 is 110 Å². The van der Waals surface area contributed by atoms with E-state index in [0.717, 1.165) is 82.0 Å². The van der Waals surface area contributed by atoms with Gasteiger partial charge in [-0.3, -0.25) is 14.4 Å². The van der Waals surface area contributed by atoms with Gasteiger partial charge in [0.05, 0.1) is 17.8 Å². The molecule has 15 rings (SSSR count). The first-order valence-corrected chi connectivity index (χ1v) is 28.8. The van der Waals surface area contributed by atoms with Crippen LogP contribution in [0.3, 0.4) is 0 Å². The van der Waals surface area contributed by atoms with Crippen molar-refractivity contribution in [1.29, 1.82) is 0 Å². The Bertz CT molecular complexity index is 2620. The Hall–Kier alpha value is -6.94. The predicted octanol–water partition coefficient (Wildman–Crippen LogP) is 8.28. The molecular weight excluding hydrogens is 1090 g/mol. The quantitative estimate of drug-likeness (QED) is 0.0684. The van der Waals surface area contributed by atoms with Crippen molar-refractivity contribution in [1.82, 2.24) is 0 Å². The Balaban J connectivity index is 0.000000134. The normalized spacial score (nSPS) is 36.5. The molecule has 15 aliphatic rings. The highest BCUT2D eigenvalue weighted by Crippen LogP contribution is 2.58. The molecule has 5 saturated heterocycles. The lowest BCUT2D eigenvalue weighted by atomic mass is 9.54. The zero-order chi connectivity index (χ0) is 59.7. The molecule has 0 aromatic rings. The molecule has 83 heavy (non-hydrogen) atoms. The van der Waals surface area contributed by atoms with E-state index in [9.17, 15) is 47.9 Å². The molecule has 14 unspecified atom stereocenters. The number of esters is 7. The van der Waals surface area contributed by atoms with Crippen LogP contribution in [0.2, 0.25) is 0 Å². The Morgan fingerprint density at radius 1 is 0.434 bits per heavy atom. The standard InChI is InChI=1S/2C16H20O7.C14H16O7.C14H20O2/c1-9(2)13(17)20-8-21-15(19)23-16-5-10-3-11(6-16)14(18)22-12(4-10)7-16;1-8(2)14(17)20-7-21-16(19)23-13-10-3-9-4-11(6-10)15(18)22-12(13)5-9;1-6(2)12(15)18-5-19-14(17)21-10-7-3-8-9(4-7)13(16)20-11(8)10;1-9(2)13(15)16-14-6-10-3-11(7-14)5-12(4-10)8-14/h10-12H,1,3-8H2,2H3;9-13H,1,3-7H2,2H3;7-11H,1,3-5H2,2H3;10-12H,1,3-8H2,2H3. The first kappa shape index (κ1) is 60.6. The fourth-order valence-electron chi connectivity index (χ4n) is 15.7. The van der Waals surface area contributed by atoms with E-state index in [2.05, 4.69) is 40.5 Å². The summed E-state index contributed by atoms with van der Waals surface area (Å²) in [5.41, 5.74) is 0.365. The molecule has 23 nitrogen and oxygen atoms in total. The van der Waals surface area contributed by atoms with Crippen molar-refractivity contribution in [2.24, 2.45) is 65.1 Å². The van der Waals surface area contributed by atoms with Gasteiger partial charge in [-0.25, -0.2) is 33.6 Å². The van der Waals surface area contributed by atoms with Gasteiger partial charge in [-0.05, 0) is 154 Å². The van der Waals surface area contributed by atoms with E-state index < -0.39 is 80.7 Å². The van der Waals surface area contributed by atoms with E-state index in [-0.39, 0.29) is 93.9 Å². The largest absolute Gasteiger partial charge is 0.511 e. The van der Waals surface area contributed by atoms with Gasteiger partial charge in [-0.2, -0.15) is 0 Å². The summed E-state index contributed by atoms with van der Waals surface area (Å²) >= 11 is 0. The SMILES string of the molecule is C=C(C)C(=O)OC12CC3CC(CC(C3)C1)C2.C=C(C)C(=O)OCOC(=O)OC12CC3CC(C1)OC(=O)C(C3)C2.C=C(C)C(=O)OCOC(=O)OC1C2CC3C(=O)OC1C3C2.C=C(C)C(=O)OCOC(=O)OC1C2CC3CC(C2)C(=O)OC1C3. The second-order valence-corrected chi connectivity index (χ2v) is 25.2. The summed E-state index contributed by atoms with van der Waals surface area (Å²) in [4.78, 5) is 116. The van der Waals surface area contributed by atoms with E-state index >= 15 is 0 Å². The van der Waals surface area contributed by atoms with E-state index in [4.69, 9.17) is 47.4 Å². The van der Waals surface area contributed by atoms with Gasteiger partial charge in [0.25, 0.3) is 0 Å². The van der Waals surface area contributed by atoms with Crippen LogP contribution in [0.4, 0.5) is 14.4 Å². The molecule has 0 spiro atoms. The van der Waals surface area contributed by atoms with Gasteiger partial charge in [0.15, 0.2) is 0 Å². The molecule has 454 valence electrons. The fraction of sp³-hybridized carbons (Fsp3) is 0.700. The number of carbonyl (C=O) groups excluding carboxylic acids is 10. The third kappa shape index (κ3) is 14.4. The van der Waals surface area contributed by atoms with Crippen molar-refractivity contribution in [2.75, 3.05) is 20.4 Å². The zero-order valence-corrected chi connectivity index (χ0v) is 47.6. The molecule has 0 aromatic heterocycles. The second kappa shape index (κ2) is 25.1. The minimum absolute atomic E-state index is 0.0348. The van der Waals surface area contributed by atoms with Gasteiger partial charge in [-0.15, -0.1) is 0 Å². The summed E-state index contributed by atoms with van der Waals surface area (Å²) in [7, 11) is 0. The smallest absolute Gasteiger partial charge is 0.462 e. The highest BCUT2D eigenvalue weighted by Gasteiger charge is 2.64. The molecule has 5 aliphatic heterocycles. The summed E-state index contributed by atoms with van der Waals surface area (Å²) in [5, 5.41) is 0. The van der Waals surface area contributed by atoms with Crippen molar-refractivity contribution >= 4 is 60.3 Å². The molecule has 5 heterocycles. The van der Waals surface area contributed by atoms with Crippen LogP contribution in [0, 0.1) is 65.1 Å². The average molecular weight is 1170 g/mol. The van der Waals surface area contributed by atoms with Crippen molar-refractivity contribution in [3.8, 4) is 0 Å². The Kier molecular flexibility index (Phi) is 18.3. The molecule has 23 heteroatoms. The average Bonchev–Trinajstić information content (AvgIpc) is 2.28. The van der Waals surface area contributed by atoms with E-state index in [1.54, 1.807) is 6.92 Å². The topological polar surface area (TPSA) is 291 Å². The lowest BCUT2D eigenvalue weighted by molar-refractivity contribution is -0.182. The molecule has 0 aromatic carbocycles. The van der Waals surface area contributed by atoms with Crippen LogP contribution in [0.25, 0.3) is 0 Å². The van der Waals surface area contributed by atoms with Crippen LogP contribution in [0.15, 0.2) is 48.6 Å². The maximum atomic E-state index is 11.9. The molecule has 0 radical (unpaired) electrons. The van der Waals surface area contributed by atoms with Crippen molar-refractivity contribution in [2.45, 2.75) is 179 Å². The lowest BCUT2D eigenvalue weighted by Crippen LogP contribution is -2.52. The van der Waals surface area contributed by atoms with Gasteiger partial charge in [0.2, 0.25) is 20.4 Å². The second-order valence-electron chi connectivity index (χ2n) is 25.2. The minimum atomic E-state index is -0.929. The number of ether oxygens (including phenoxy) is 13. The summed E-state index contributed by atoms with van der Waals surface area (Å²) in [5.74, 6) is 0.684. The summed E-state index contributed by atoms with van der Waals surface area (Å²) in [6, 6.07) is 0. The number of hydrogen-bond donors (Lipinski definition) is 0. The van der Waals surface area contributed by atoms with Crippen LogP contribution < -0.4 is 0 Å². The maximum Gasteiger partial charge on any atom is 0.511 e. The van der Waals surface area contributed by atoms with Crippen LogP contribution in [-0.2, 0) is 95.1 Å². The van der Waals surface area contributed by atoms with Crippen LogP contribution in [0.1, 0.15) is 137 Å². The number of carbonyl (C=O) groups is 10. The van der Waals surface area contributed by atoms with Gasteiger partial charge in [-0.1, -0.05) is 26.3 Å². The first-order chi connectivity index (χ1) is 39.3. The van der Waals surface area contributed by atoms with Gasteiger partial charge in [0.1, 0.15) is 41.7 Å². The van der Waals surface area contributed by atoms with Crippen molar-refractivity contribution in [3.05, 3.63) is 48.6 Å². The lowest BCUT2D eigenvalue weighted by Gasteiger charge is -2.55. The van der Waals surface area contributed by atoms with Gasteiger partial charge in [0, 0.05) is 52.9 Å². The molecule has 0 amide bonds. The molecule has 0 N–H and O–H groups in total. The monoisotopic (exact) mass is 1160 g/mol. The molecular formula is C60H76O23. The Morgan fingerprint density at radius 2 is 0.916 bits per heavy atom. The molecule has 14 bridgehead atoms. The van der Waals surface area contributed by atoms with Crippen LogP contribution in [-0.4, -0.2) is 122 Å². The molecule has 10 saturated carbocycles. The third-order valence-electron chi connectivity index (χ3n) is 18.5. The third-order valence-corrected chi connectivity index (χ3v) is 18.5. The summed E-state index contributed by atoms with van der Waals surface area (Å²) in [6.07, 6.45) is 10.9. The highest BCUT2D eigenvalue weighted by atomic mass is 16.8. The van der Waals surface area contributed by atoms with E-state index in [1.807, 2.05) is 0 Å². The van der Waals surface area contributed by atoms with Crippen LogP contribution >= 0.6 is 0 Å². The number of fused-ring (bicyclic) bond motifs is 3. The number of rotatable bonds is 14. The predicted molar refractivity (Wildman–Crippen MR) is 280 cm³/mol. The zero-order valence-electron chi connectivity index (χ0n) is 47.6. The fourth-order valence-corrected chi connectivity index (χ4v) is 15.7. The Morgan fingerprint density at radius 3 is 1.47 bits per heavy atom. The molecule has 14 atom stereocenters. The first-order valence-electron chi connectivity index (χ1n) is 28.8. The van der Waals surface area contributed by atoms with E-state index in [0.29, 0.717) is 43.1 Å². The Labute approximate surface area is 481 Å².